The number of fused-ring (bicyclic) bond motifs is 1. The van der Waals surface area contributed by atoms with E-state index in [4.69, 9.17) is 4.98 Å². The monoisotopic (exact) mass is 407 g/mol. The van der Waals surface area contributed by atoms with E-state index in [0.717, 1.165) is 43.8 Å². The van der Waals surface area contributed by atoms with Crippen molar-refractivity contribution in [1.82, 2.24) is 35.4 Å². The molecule has 6 rings (SSSR count). The summed E-state index contributed by atoms with van der Waals surface area (Å²) in [5, 5.41) is 21.9. The van der Waals surface area contributed by atoms with E-state index >= 15 is 0 Å². The highest BCUT2D eigenvalue weighted by atomic mass is 16.2. The van der Waals surface area contributed by atoms with Crippen LogP contribution < -0.4 is 20.9 Å². The molecular weight excluding hydrogens is 382 g/mol. The number of anilines is 3. The molecule has 2 saturated heterocycles. The van der Waals surface area contributed by atoms with Crippen LogP contribution in [0.15, 0.2) is 24.4 Å². The van der Waals surface area contributed by atoms with E-state index in [-0.39, 0.29) is 18.0 Å². The zero-order valence-corrected chi connectivity index (χ0v) is 16.6. The van der Waals surface area contributed by atoms with Crippen molar-refractivity contribution in [2.45, 2.75) is 43.7 Å². The Morgan fingerprint density at radius 1 is 1.23 bits per heavy atom. The molecule has 1 aliphatic carbocycles. The smallest absolute Gasteiger partial charge is 0.246 e. The summed E-state index contributed by atoms with van der Waals surface area (Å²) in [7, 11) is 0. The van der Waals surface area contributed by atoms with E-state index in [1.54, 1.807) is 0 Å². The predicted octanol–water partition coefficient (Wildman–Crippen LogP) is 1.13. The van der Waals surface area contributed by atoms with E-state index in [2.05, 4.69) is 37.3 Å². The van der Waals surface area contributed by atoms with Gasteiger partial charge in [0.1, 0.15) is 11.6 Å². The Bertz CT molecular complexity index is 1080. The maximum atomic E-state index is 12.8. The van der Waals surface area contributed by atoms with Crippen LogP contribution in [0.3, 0.4) is 0 Å². The van der Waals surface area contributed by atoms with Crippen molar-refractivity contribution in [2.75, 3.05) is 29.9 Å². The van der Waals surface area contributed by atoms with Crippen molar-refractivity contribution >= 4 is 29.0 Å². The number of hydrogen-bond donors (Lipinski definition) is 4. The maximum absolute atomic E-state index is 12.8. The summed E-state index contributed by atoms with van der Waals surface area (Å²) >= 11 is 0. The average Bonchev–Trinajstić information content (AvgIpc) is 3.12. The molecule has 0 unspecified atom stereocenters. The van der Waals surface area contributed by atoms with Crippen LogP contribution in [0, 0.1) is 0 Å². The molecule has 3 aliphatic rings. The Hall–Kier alpha value is -3.14. The van der Waals surface area contributed by atoms with Crippen LogP contribution in [0.1, 0.15) is 37.3 Å². The standard InChI is InChI=1S/C20H25N9O/c30-19(22-13-10-21-11-13)16-4-1-7-28(16)20-24-18(15-3-2-8-29(15)27-20)23-17-9-14(25-26-17)12-5-6-12/h2-3,8-9,12-13,16,21H,1,4-7,10-11H2,(H,22,30)(H2,23,24,25,26,27)/t16-/m0/s1. The van der Waals surface area contributed by atoms with Crippen molar-refractivity contribution in [3.63, 3.8) is 0 Å². The topological polar surface area (TPSA) is 115 Å². The molecule has 10 nitrogen and oxygen atoms in total. The fraction of sp³-hybridized carbons (Fsp3) is 0.500. The summed E-state index contributed by atoms with van der Waals surface area (Å²) in [5.74, 6) is 2.66. The third-order valence-electron chi connectivity index (χ3n) is 6.18. The van der Waals surface area contributed by atoms with E-state index in [1.807, 2.05) is 27.7 Å². The summed E-state index contributed by atoms with van der Waals surface area (Å²) in [5.41, 5.74) is 2.04. The summed E-state index contributed by atoms with van der Waals surface area (Å²) in [6.07, 6.45) is 6.10. The van der Waals surface area contributed by atoms with Crippen LogP contribution in [0.2, 0.25) is 0 Å². The number of carbonyl (C=O) groups is 1. The van der Waals surface area contributed by atoms with Crippen LogP contribution in [-0.2, 0) is 4.79 Å². The summed E-state index contributed by atoms with van der Waals surface area (Å²) < 4.78 is 1.81. The quantitative estimate of drug-likeness (QED) is 0.484. The summed E-state index contributed by atoms with van der Waals surface area (Å²) in [6.45, 7) is 2.44. The van der Waals surface area contributed by atoms with Crippen LogP contribution in [0.5, 0.6) is 0 Å². The van der Waals surface area contributed by atoms with Gasteiger partial charge >= 0.3 is 0 Å². The molecule has 1 amide bonds. The van der Waals surface area contributed by atoms with E-state index in [1.165, 1.54) is 18.5 Å². The molecule has 3 fully saturated rings. The lowest BCUT2D eigenvalue weighted by atomic mass is 10.1. The molecule has 4 N–H and O–H groups in total. The zero-order chi connectivity index (χ0) is 20.1. The molecule has 1 atom stereocenters. The first-order chi connectivity index (χ1) is 14.7. The average molecular weight is 407 g/mol. The first-order valence-electron chi connectivity index (χ1n) is 10.7. The van der Waals surface area contributed by atoms with Gasteiger partial charge in [0.05, 0.1) is 6.04 Å². The molecule has 0 bridgehead atoms. The molecule has 3 aromatic rings. The van der Waals surface area contributed by atoms with E-state index in [9.17, 15) is 4.79 Å². The molecule has 2 aliphatic heterocycles. The Labute approximate surface area is 173 Å². The third kappa shape index (κ3) is 3.17. The van der Waals surface area contributed by atoms with Crippen LogP contribution in [0.25, 0.3) is 5.52 Å². The number of aromatic nitrogens is 5. The number of carbonyl (C=O) groups excluding carboxylic acids is 1. The van der Waals surface area contributed by atoms with Crippen molar-refractivity contribution in [2.24, 2.45) is 0 Å². The third-order valence-corrected chi connectivity index (χ3v) is 6.18. The van der Waals surface area contributed by atoms with Gasteiger partial charge in [0.15, 0.2) is 11.6 Å². The summed E-state index contributed by atoms with van der Waals surface area (Å²) in [4.78, 5) is 19.6. The van der Waals surface area contributed by atoms with Crippen molar-refractivity contribution in [3.8, 4) is 0 Å². The minimum atomic E-state index is -0.238. The second-order valence-electron chi connectivity index (χ2n) is 8.42. The van der Waals surface area contributed by atoms with Gasteiger partial charge in [0.25, 0.3) is 0 Å². The van der Waals surface area contributed by atoms with Gasteiger partial charge in [-0.2, -0.15) is 10.1 Å². The lowest BCUT2D eigenvalue weighted by molar-refractivity contribution is -0.123. The summed E-state index contributed by atoms with van der Waals surface area (Å²) in [6, 6.07) is 5.95. The number of aromatic amines is 1. The molecule has 0 spiro atoms. The molecule has 10 heteroatoms. The number of nitrogens with zero attached hydrogens (tertiary/aromatic N) is 5. The van der Waals surface area contributed by atoms with Gasteiger partial charge in [-0.25, -0.2) is 4.52 Å². The van der Waals surface area contributed by atoms with Gasteiger partial charge in [-0.3, -0.25) is 9.89 Å². The fourth-order valence-electron chi connectivity index (χ4n) is 4.23. The van der Waals surface area contributed by atoms with Crippen LogP contribution in [0.4, 0.5) is 17.6 Å². The number of amides is 1. The van der Waals surface area contributed by atoms with E-state index < -0.39 is 0 Å². The second kappa shape index (κ2) is 6.98. The maximum Gasteiger partial charge on any atom is 0.246 e. The normalized spacial score (nSPS) is 21.7. The van der Waals surface area contributed by atoms with Gasteiger partial charge in [-0.1, -0.05) is 0 Å². The predicted molar refractivity (Wildman–Crippen MR) is 112 cm³/mol. The SMILES string of the molecule is O=C(NC1CNC1)[C@@H]1CCCN1c1nc(Nc2cc(C3CC3)[nH]n2)c2cccn2n1. The van der Waals surface area contributed by atoms with Gasteiger partial charge in [-0.05, 0) is 37.8 Å². The lowest BCUT2D eigenvalue weighted by Gasteiger charge is -2.31. The molecule has 156 valence electrons. The highest BCUT2D eigenvalue weighted by Crippen LogP contribution is 2.39. The molecule has 3 aromatic heterocycles. The number of hydrogen-bond acceptors (Lipinski definition) is 7. The Morgan fingerprint density at radius 2 is 2.13 bits per heavy atom. The van der Waals surface area contributed by atoms with Gasteiger partial charge in [-0.15, -0.1) is 5.10 Å². The van der Waals surface area contributed by atoms with Gasteiger partial charge in [0, 0.05) is 43.5 Å². The largest absolute Gasteiger partial charge is 0.349 e. The minimum Gasteiger partial charge on any atom is -0.349 e. The minimum absolute atomic E-state index is 0.0612. The molecule has 0 aromatic carbocycles. The Balaban J connectivity index is 1.29. The van der Waals surface area contributed by atoms with Gasteiger partial charge < -0.3 is 20.9 Å². The van der Waals surface area contributed by atoms with Crippen LogP contribution in [-0.4, -0.2) is 62.4 Å². The number of nitrogens with one attached hydrogen (secondary N) is 4. The highest BCUT2D eigenvalue weighted by Gasteiger charge is 2.35. The first-order valence-corrected chi connectivity index (χ1v) is 10.7. The number of rotatable bonds is 6. The number of H-pyrrole nitrogens is 1. The van der Waals surface area contributed by atoms with Crippen molar-refractivity contribution < 1.29 is 4.79 Å². The fourth-order valence-corrected chi connectivity index (χ4v) is 4.23. The molecular formula is C20H25N9O. The molecule has 30 heavy (non-hydrogen) atoms. The first kappa shape index (κ1) is 17.7. The second-order valence-corrected chi connectivity index (χ2v) is 8.42. The van der Waals surface area contributed by atoms with Crippen molar-refractivity contribution in [3.05, 3.63) is 30.1 Å². The Kier molecular flexibility index (Phi) is 4.12. The lowest BCUT2D eigenvalue weighted by Crippen LogP contribution is -2.59. The van der Waals surface area contributed by atoms with Gasteiger partial charge in [0.2, 0.25) is 11.9 Å². The molecule has 0 radical (unpaired) electrons. The van der Waals surface area contributed by atoms with E-state index in [0.29, 0.717) is 17.7 Å². The highest BCUT2D eigenvalue weighted by molar-refractivity contribution is 5.86. The molecule has 5 heterocycles. The molecule has 1 saturated carbocycles. The zero-order valence-electron chi connectivity index (χ0n) is 16.6. The van der Waals surface area contributed by atoms with Crippen LogP contribution >= 0.6 is 0 Å². The Morgan fingerprint density at radius 3 is 2.93 bits per heavy atom. The van der Waals surface area contributed by atoms with Crippen molar-refractivity contribution in [1.29, 1.82) is 0 Å².